The van der Waals surface area contributed by atoms with Crippen molar-refractivity contribution in [2.45, 2.75) is 20.8 Å². The van der Waals surface area contributed by atoms with E-state index in [1.807, 2.05) is 0 Å². The molecule has 2 aromatic carbocycles. The van der Waals surface area contributed by atoms with Gasteiger partial charge in [-0.25, -0.2) is 0 Å². The molecule has 0 aliphatic rings. The molecule has 0 unspecified atom stereocenters. The van der Waals surface area contributed by atoms with Crippen LogP contribution in [-0.2, 0) is 0 Å². The Balaban J connectivity index is 2.57. The molecule has 9 nitrogen and oxygen atoms in total. The first-order valence-electron chi connectivity index (χ1n) is 8.13. The second-order valence-corrected chi connectivity index (χ2v) is 6.61. The topological polar surface area (TPSA) is 212 Å². The van der Waals surface area contributed by atoms with Crippen molar-refractivity contribution >= 4 is 50.8 Å². The Labute approximate surface area is 155 Å². The molecule has 3 aromatic rings. The number of benzene rings is 2. The Morgan fingerprint density at radius 1 is 0.593 bits per heavy atom. The summed E-state index contributed by atoms with van der Waals surface area (Å²) >= 11 is 0. The van der Waals surface area contributed by atoms with E-state index < -0.39 is 5.43 Å². The number of nitrogen functional groups attached to an aromatic ring is 7. The van der Waals surface area contributed by atoms with Gasteiger partial charge in [-0.05, 0) is 37.5 Å². The van der Waals surface area contributed by atoms with E-state index in [0.29, 0.717) is 27.9 Å². The molecule has 9 heteroatoms. The first kappa shape index (κ1) is 18.1. The zero-order chi connectivity index (χ0) is 20.4. The number of fused-ring (bicyclic) bond motifs is 1. The quantitative estimate of drug-likeness (QED) is 0.309. The standard InChI is InChI=1S/C18H23N7O2/c1-4-5(2)11(21)18-8(9(4)19)16(26)15(25)17(27-18)7-6(3)10(20)13(23)14(24)12(7)22/h19-25H2,1-3H3. The smallest absolute Gasteiger partial charge is 0.218 e. The number of hydrogen-bond donors (Lipinski definition) is 7. The van der Waals surface area contributed by atoms with Crippen LogP contribution in [0, 0.1) is 20.8 Å². The fourth-order valence-electron chi connectivity index (χ4n) is 3.19. The van der Waals surface area contributed by atoms with Crippen molar-refractivity contribution in [3.8, 4) is 11.3 Å². The molecule has 0 atom stereocenters. The maximum absolute atomic E-state index is 13.0. The lowest BCUT2D eigenvalue weighted by molar-refractivity contribution is 0.622. The van der Waals surface area contributed by atoms with Gasteiger partial charge >= 0.3 is 0 Å². The summed E-state index contributed by atoms with van der Waals surface area (Å²) in [6.07, 6.45) is 0. The third-order valence-electron chi connectivity index (χ3n) is 5.18. The van der Waals surface area contributed by atoms with Crippen molar-refractivity contribution in [3.63, 3.8) is 0 Å². The van der Waals surface area contributed by atoms with Gasteiger partial charge in [0.1, 0.15) is 5.69 Å². The highest BCUT2D eigenvalue weighted by Crippen LogP contribution is 2.45. The number of rotatable bonds is 1. The van der Waals surface area contributed by atoms with E-state index in [-0.39, 0.29) is 50.9 Å². The predicted molar refractivity (Wildman–Crippen MR) is 113 cm³/mol. The molecule has 0 bridgehead atoms. The van der Waals surface area contributed by atoms with Gasteiger partial charge in [0.15, 0.2) is 11.3 Å². The van der Waals surface area contributed by atoms with Crippen LogP contribution in [0.3, 0.4) is 0 Å². The summed E-state index contributed by atoms with van der Waals surface area (Å²) in [5, 5.41) is 0.129. The van der Waals surface area contributed by atoms with E-state index in [2.05, 4.69) is 0 Å². The second kappa shape index (κ2) is 5.63. The SMILES string of the molecule is Cc1c(N)c(N)c(N)c(N)c1-c1oc2c(N)c(C)c(C)c(N)c2c(=O)c1N. The summed E-state index contributed by atoms with van der Waals surface area (Å²) in [4.78, 5) is 13.0. The van der Waals surface area contributed by atoms with E-state index in [9.17, 15) is 4.79 Å². The lowest BCUT2D eigenvalue weighted by Gasteiger charge is -2.19. The van der Waals surface area contributed by atoms with Crippen molar-refractivity contribution in [2.75, 3.05) is 40.1 Å². The lowest BCUT2D eigenvalue weighted by Crippen LogP contribution is -2.15. The third-order valence-corrected chi connectivity index (χ3v) is 5.18. The number of anilines is 7. The van der Waals surface area contributed by atoms with Gasteiger partial charge in [-0.15, -0.1) is 0 Å². The van der Waals surface area contributed by atoms with Crippen LogP contribution < -0.4 is 45.6 Å². The van der Waals surface area contributed by atoms with Crippen molar-refractivity contribution in [1.29, 1.82) is 0 Å². The molecular formula is C18H23N7O2. The van der Waals surface area contributed by atoms with E-state index in [4.69, 9.17) is 44.6 Å². The highest BCUT2D eigenvalue weighted by Gasteiger charge is 2.25. The molecule has 14 N–H and O–H groups in total. The molecule has 0 aliphatic carbocycles. The third kappa shape index (κ3) is 2.21. The van der Waals surface area contributed by atoms with Gasteiger partial charge in [0.2, 0.25) is 5.43 Å². The van der Waals surface area contributed by atoms with Gasteiger partial charge in [-0.3, -0.25) is 4.79 Å². The van der Waals surface area contributed by atoms with Crippen molar-refractivity contribution in [2.24, 2.45) is 0 Å². The summed E-state index contributed by atoms with van der Waals surface area (Å²) < 4.78 is 5.96. The summed E-state index contributed by atoms with van der Waals surface area (Å²) in [6.45, 7) is 5.24. The zero-order valence-electron chi connectivity index (χ0n) is 15.4. The van der Waals surface area contributed by atoms with Gasteiger partial charge in [0.05, 0.1) is 33.8 Å². The Hall–Kier alpha value is -3.75. The van der Waals surface area contributed by atoms with Crippen LogP contribution in [0.2, 0.25) is 0 Å². The van der Waals surface area contributed by atoms with Crippen LogP contribution in [0.1, 0.15) is 16.7 Å². The maximum atomic E-state index is 13.0. The monoisotopic (exact) mass is 369 g/mol. The average molecular weight is 369 g/mol. The van der Waals surface area contributed by atoms with E-state index >= 15 is 0 Å². The Morgan fingerprint density at radius 3 is 1.70 bits per heavy atom. The van der Waals surface area contributed by atoms with Crippen LogP contribution in [0.5, 0.6) is 0 Å². The highest BCUT2D eigenvalue weighted by molar-refractivity contribution is 6.05. The minimum Gasteiger partial charge on any atom is -0.451 e. The molecule has 142 valence electrons. The van der Waals surface area contributed by atoms with E-state index in [1.54, 1.807) is 20.8 Å². The Kier molecular flexibility index (Phi) is 3.76. The van der Waals surface area contributed by atoms with Gasteiger partial charge < -0.3 is 44.6 Å². The minimum absolute atomic E-state index is 0.0234. The fourth-order valence-corrected chi connectivity index (χ4v) is 3.19. The molecule has 1 aromatic heterocycles. The molecule has 0 saturated heterocycles. The highest BCUT2D eigenvalue weighted by atomic mass is 16.3. The van der Waals surface area contributed by atoms with Crippen LogP contribution in [0.15, 0.2) is 9.21 Å². The summed E-state index contributed by atoms with van der Waals surface area (Å²) in [7, 11) is 0. The molecule has 3 rings (SSSR count). The van der Waals surface area contributed by atoms with E-state index in [1.165, 1.54) is 0 Å². The normalized spacial score (nSPS) is 11.2. The first-order chi connectivity index (χ1) is 12.5. The van der Waals surface area contributed by atoms with Crippen LogP contribution >= 0.6 is 0 Å². The second-order valence-electron chi connectivity index (χ2n) is 6.61. The molecule has 27 heavy (non-hydrogen) atoms. The van der Waals surface area contributed by atoms with Crippen LogP contribution in [-0.4, -0.2) is 0 Å². The fraction of sp³-hybridized carbons (Fsp3) is 0.167. The van der Waals surface area contributed by atoms with Crippen molar-refractivity contribution < 1.29 is 4.42 Å². The molecule has 1 heterocycles. The summed E-state index contributed by atoms with van der Waals surface area (Å²) in [6, 6.07) is 0. The number of hydrogen-bond acceptors (Lipinski definition) is 9. The van der Waals surface area contributed by atoms with Gasteiger partial charge in [0.25, 0.3) is 0 Å². The van der Waals surface area contributed by atoms with Gasteiger partial charge in [-0.2, -0.15) is 0 Å². The Morgan fingerprint density at radius 2 is 1.11 bits per heavy atom. The van der Waals surface area contributed by atoms with Crippen molar-refractivity contribution in [3.05, 3.63) is 26.9 Å². The van der Waals surface area contributed by atoms with Crippen molar-refractivity contribution in [1.82, 2.24) is 0 Å². The molecule has 0 saturated carbocycles. The zero-order valence-corrected chi connectivity index (χ0v) is 15.4. The summed E-state index contributed by atoms with van der Waals surface area (Å²) in [5.41, 5.74) is 45.2. The molecule has 0 spiro atoms. The average Bonchev–Trinajstić information content (AvgIpc) is 2.64. The minimum atomic E-state index is -0.508. The molecule has 0 amide bonds. The number of nitrogens with two attached hydrogens (primary N) is 7. The lowest BCUT2D eigenvalue weighted by atomic mass is 9.96. The Bertz CT molecular complexity index is 1170. The predicted octanol–water partition coefficient (Wildman–Crippen LogP) is 1.46. The largest absolute Gasteiger partial charge is 0.451 e. The van der Waals surface area contributed by atoms with Gasteiger partial charge in [-0.1, -0.05) is 0 Å². The van der Waals surface area contributed by atoms with Gasteiger partial charge in [0, 0.05) is 11.3 Å². The van der Waals surface area contributed by atoms with Crippen LogP contribution in [0.25, 0.3) is 22.3 Å². The first-order valence-corrected chi connectivity index (χ1v) is 8.13. The van der Waals surface area contributed by atoms with E-state index in [0.717, 1.165) is 0 Å². The summed E-state index contributed by atoms with van der Waals surface area (Å²) in [5.74, 6) is 0.0234. The molecule has 0 radical (unpaired) electrons. The maximum Gasteiger partial charge on any atom is 0.218 e. The molecular weight excluding hydrogens is 346 g/mol. The molecule has 0 aliphatic heterocycles. The molecule has 0 fully saturated rings. The van der Waals surface area contributed by atoms with Crippen LogP contribution in [0.4, 0.5) is 39.8 Å².